The number of benzene rings is 2. The van der Waals surface area contributed by atoms with Crippen LogP contribution in [0.4, 0.5) is 0 Å². The predicted octanol–water partition coefficient (Wildman–Crippen LogP) is 5.87. The number of hydrogen-bond acceptors (Lipinski definition) is 4. The monoisotopic (exact) mass is 404 g/mol. The fraction of sp³-hybridized carbons (Fsp3) is 0.158. The Bertz CT molecular complexity index is 832. The zero-order valence-electron chi connectivity index (χ0n) is 13.6. The minimum Gasteiger partial charge on any atom is -0.493 e. The highest BCUT2D eigenvalue weighted by Gasteiger charge is 2.17. The molecule has 0 saturated heterocycles. The molecular formula is C19H17BrO3S. The number of thiophene rings is 1. The standard InChI is InChI=1S/C19H17BrO3S/c1-21-16-10-13(11-17(22-2)18(16)23-3)15-7-8-24-19(15)12-5-4-6-14(20)9-12/h4-11H,1-3H3. The Morgan fingerprint density at radius 3 is 2.12 bits per heavy atom. The smallest absolute Gasteiger partial charge is 0.203 e. The molecule has 0 atom stereocenters. The van der Waals surface area contributed by atoms with Crippen molar-refractivity contribution >= 4 is 27.3 Å². The van der Waals surface area contributed by atoms with Gasteiger partial charge in [0.2, 0.25) is 5.75 Å². The summed E-state index contributed by atoms with van der Waals surface area (Å²) in [6, 6.07) is 14.4. The maximum atomic E-state index is 5.47. The molecule has 2 aromatic carbocycles. The van der Waals surface area contributed by atoms with Gasteiger partial charge in [-0.3, -0.25) is 0 Å². The van der Waals surface area contributed by atoms with Gasteiger partial charge in [-0.05, 0) is 46.8 Å². The highest BCUT2D eigenvalue weighted by atomic mass is 79.9. The van der Waals surface area contributed by atoms with E-state index in [9.17, 15) is 0 Å². The first kappa shape index (κ1) is 16.9. The number of halogens is 1. The second-order valence-corrected chi connectivity index (χ2v) is 6.92. The van der Waals surface area contributed by atoms with E-state index in [0.29, 0.717) is 17.2 Å². The lowest BCUT2D eigenvalue weighted by Crippen LogP contribution is -1.95. The molecule has 0 radical (unpaired) electrons. The molecule has 0 bridgehead atoms. The zero-order valence-corrected chi connectivity index (χ0v) is 16.0. The summed E-state index contributed by atoms with van der Waals surface area (Å²) in [4.78, 5) is 1.20. The van der Waals surface area contributed by atoms with Gasteiger partial charge in [0.15, 0.2) is 11.5 Å². The third-order valence-electron chi connectivity index (χ3n) is 3.73. The molecule has 3 nitrogen and oxygen atoms in total. The molecule has 0 saturated carbocycles. The molecule has 3 rings (SSSR count). The van der Waals surface area contributed by atoms with Crippen LogP contribution in [-0.2, 0) is 0 Å². The second-order valence-electron chi connectivity index (χ2n) is 5.09. The molecule has 0 aliphatic heterocycles. The van der Waals surface area contributed by atoms with Crippen molar-refractivity contribution in [1.29, 1.82) is 0 Å². The van der Waals surface area contributed by atoms with Crippen LogP contribution in [0, 0.1) is 0 Å². The number of ether oxygens (including phenoxy) is 3. The van der Waals surface area contributed by atoms with E-state index in [4.69, 9.17) is 14.2 Å². The molecule has 0 fully saturated rings. The molecule has 0 unspecified atom stereocenters. The molecule has 24 heavy (non-hydrogen) atoms. The van der Waals surface area contributed by atoms with Crippen molar-refractivity contribution in [2.75, 3.05) is 21.3 Å². The quantitative estimate of drug-likeness (QED) is 0.531. The van der Waals surface area contributed by atoms with Gasteiger partial charge in [0, 0.05) is 14.9 Å². The molecule has 3 aromatic rings. The average molecular weight is 405 g/mol. The lowest BCUT2D eigenvalue weighted by molar-refractivity contribution is 0.324. The number of rotatable bonds is 5. The van der Waals surface area contributed by atoms with Crippen molar-refractivity contribution in [3.8, 4) is 38.8 Å². The number of methoxy groups -OCH3 is 3. The summed E-state index contributed by atoms with van der Waals surface area (Å²) >= 11 is 5.25. The van der Waals surface area contributed by atoms with Crippen LogP contribution in [0.25, 0.3) is 21.6 Å². The van der Waals surface area contributed by atoms with Gasteiger partial charge < -0.3 is 14.2 Å². The van der Waals surface area contributed by atoms with Crippen molar-refractivity contribution in [3.05, 3.63) is 52.3 Å². The summed E-state index contributed by atoms with van der Waals surface area (Å²) in [6.45, 7) is 0. The lowest BCUT2D eigenvalue weighted by Gasteiger charge is -2.14. The fourth-order valence-corrected chi connectivity index (χ4v) is 3.94. The van der Waals surface area contributed by atoms with Gasteiger partial charge in [0.1, 0.15) is 0 Å². The lowest BCUT2D eigenvalue weighted by atomic mass is 10.0. The summed E-state index contributed by atoms with van der Waals surface area (Å²) in [5, 5.41) is 2.09. The molecule has 0 spiro atoms. The molecule has 0 amide bonds. The summed E-state index contributed by atoms with van der Waals surface area (Å²) in [7, 11) is 4.87. The first-order chi connectivity index (χ1) is 11.7. The normalized spacial score (nSPS) is 10.5. The van der Waals surface area contributed by atoms with Crippen LogP contribution in [0.2, 0.25) is 0 Å². The Balaban J connectivity index is 2.16. The first-order valence-electron chi connectivity index (χ1n) is 7.31. The highest BCUT2D eigenvalue weighted by Crippen LogP contribution is 2.44. The van der Waals surface area contributed by atoms with Gasteiger partial charge in [-0.15, -0.1) is 11.3 Å². The minimum atomic E-state index is 0.600. The topological polar surface area (TPSA) is 27.7 Å². The third-order valence-corrected chi connectivity index (χ3v) is 5.18. The van der Waals surface area contributed by atoms with E-state index in [-0.39, 0.29) is 0 Å². The predicted molar refractivity (Wildman–Crippen MR) is 103 cm³/mol. The Morgan fingerprint density at radius 2 is 1.54 bits per heavy atom. The van der Waals surface area contributed by atoms with Crippen molar-refractivity contribution in [2.24, 2.45) is 0 Å². The minimum absolute atomic E-state index is 0.600. The van der Waals surface area contributed by atoms with E-state index in [1.165, 1.54) is 10.4 Å². The largest absolute Gasteiger partial charge is 0.493 e. The summed E-state index contributed by atoms with van der Waals surface area (Å²) < 4.78 is 17.4. The highest BCUT2D eigenvalue weighted by molar-refractivity contribution is 9.10. The van der Waals surface area contributed by atoms with E-state index >= 15 is 0 Å². The van der Waals surface area contributed by atoms with Gasteiger partial charge in [0.25, 0.3) is 0 Å². The van der Waals surface area contributed by atoms with Crippen molar-refractivity contribution in [3.63, 3.8) is 0 Å². The van der Waals surface area contributed by atoms with Crippen LogP contribution in [0.15, 0.2) is 52.3 Å². The SMILES string of the molecule is COc1cc(-c2ccsc2-c2cccc(Br)c2)cc(OC)c1OC. The van der Waals surface area contributed by atoms with E-state index in [1.54, 1.807) is 32.7 Å². The van der Waals surface area contributed by atoms with Crippen LogP contribution in [0.5, 0.6) is 17.2 Å². The molecule has 5 heteroatoms. The van der Waals surface area contributed by atoms with Crippen LogP contribution < -0.4 is 14.2 Å². The summed E-state index contributed by atoms with van der Waals surface area (Å²) in [5.41, 5.74) is 3.33. The molecule has 124 valence electrons. The van der Waals surface area contributed by atoms with Crippen LogP contribution in [0.3, 0.4) is 0 Å². The van der Waals surface area contributed by atoms with E-state index in [2.05, 4.69) is 39.5 Å². The molecule has 1 heterocycles. The Kier molecular flexibility index (Phi) is 5.11. The molecule has 0 N–H and O–H groups in total. The second kappa shape index (κ2) is 7.28. The Morgan fingerprint density at radius 1 is 0.833 bits per heavy atom. The van der Waals surface area contributed by atoms with Crippen molar-refractivity contribution in [1.82, 2.24) is 0 Å². The van der Waals surface area contributed by atoms with Crippen molar-refractivity contribution < 1.29 is 14.2 Å². The molecule has 1 aromatic heterocycles. The molecule has 0 aliphatic rings. The maximum Gasteiger partial charge on any atom is 0.203 e. The molecule has 0 aliphatic carbocycles. The van der Waals surface area contributed by atoms with Crippen LogP contribution in [-0.4, -0.2) is 21.3 Å². The number of hydrogen-bond donors (Lipinski definition) is 0. The zero-order chi connectivity index (χ0) is 17.1. The molecular weight excluding hydrogens is 388 g/mol. The van der Waals surface area contributed by atoms with Crippen LogP contribution >= 0.6 is 27.3 Å². The summed E-state index contributed by atoms with van der Waals surface area (Å²) in [5.74, 6) is 1.90. The van der Waals surface area contributed by atoms with Gasteiger partial charge in [0.05, 0.1) is 21.3 Å². The average Bonchev–Trinajstić information content (AvgIpc) is 3.10. The van der Waals surface area contributed by atoms with E-state index < -0.39 is 0 Å². The van der Waals surface area contributed by atoms with Gasteiger partial charge in [-0.2, -0.15) is 0 Å². The van der Waals surface area contributed by atoms with Gasteiger partial charge >= 0.3 is 0 Å². The summed E-state index contributed by atoms with van der Waals surface area (Å²) in [6.07, 6.45) is 0. The van der Waals surface area contributed by atoms with Crippen LogP contribution in [0.1, 0.15) is 0 Å². The Labute approximate surface area is 153 Å². The maximum absolute atomic E-state index is 5.47. The Hall–Kier alpha value is -1.98. The fourth-order valence-electron chi connectivity index (χ4n) is 2.63. The van der Waals surface area contributed by atoms with Gasteiger partial charge in [-0.25, -0.2) is 0 Å². The van der Waals surface area contributed by atoms with E-state index in [1.807, 2.05) is 24.3 Å². The van der Waals surface area contributed by atoms with Crippen molar-refractivity contribution in [2.45, 2.75) is 0 Å². The third kappa shape index (κ3) is 3.14. The first-order valence-corrected chi connectivity index (χ1v) is 8.99. The van der Waals surface area contributed by atoms with E-state index in [0.717, 1.165) is 15.6 Å². The van der Waals surface area contributed by atoms with Gasteiger partial charge in [-0.1, -0.05) is 28.1 Å².